The molecule has 4 rings (SSSR count). The van der Waals surface area contributed by atoms with Gasteiger partial charge in [-0.2, -0.15) is 5.10 Å². The summed E-state index contributed by atoms with van der Waals surface area (Å²) >= 11 is 0. The highest BCUT2D eigenvalue weighted by Gasteiger charge is 2.09. The number of fused-ring (bicyclic) bond motifs is 1. The third-order valence-electron chi connectivity index (χ3n) is 3.86. The van der Waals surface area contributed by atoms with E-state index in [1.54, 1.807) is 11.0 Å². The first-order valence-corrected chi connectivity index (χ1v) is 7.59. The third-order valence-corrected chi connectivity index (χ3v) is 3.86. The molecule has 2 aromatic heterocycles. The van der Waals surface area contributed by atoms with Gasteiger partial charge in [0.15, 0.2) is 0 Å². The number of aromatic nitrogens is 4. The van der Waals surface area contributed by atoms with Crippen LogP contribution in [0.2, 0.25) is 0 Å². The van der Waals surface area contributed by atoms with E-state index in [0.717, 1.165) is 27.8 Å². The highest BCUT2D eigenvalue weighted by Crippen LogP contribution is 2.19. The van der Waals surface area contributed by atoms with Gasteiger partial charge in [-0.15, -0.1) is 0 Å². The summed E-state index contributed by atoms with van der Waals surface area (Å²) in [7, 11) is 0. The van der Waals surface area contributed by atoms with Crippen LogP contribution in [0, 0.1) is 0 Å². The van der Waals surface area contributed by atoms with E-state index in [2.05, 4.69) is 20.4 Å². The van der Waals surface area contributed by atoms with Crippen LogP contribution < -0.4 is 5.32 Å². The lowest BCUT2D eigenvalue weighted by molar-refractivity contribution is -0.115. The molecule has 24 heavy (non-hydrogen) atoms. The Kier molecular flexibility index (Phi) is 3.55. The van der Waals surface area contributed by atoms with Gasteiger partial charge in [-0.3, -0.25) is 4.79 Å². The molecule has 1 amide bonds. The van der Waals surface area contributed by atoms with Crippen LogP contribution in [0.1, 0.15) is 5.56 Å². The number of rotatable bonds is 4. The Morgan fingerprint density at radius 1 is 1.12 bits per heavy atom. The molecule has 2 heterocycles. The van der Waals surface area contributed by atoms with Crippen molar-refractivity contribution in [3.05, 3.63) is 72.9 Å². The summed E-state index contributed by atoms with van der Waals surface area (Å²) in [6, 6.07) is 15.4. The number of hydrogen-bond acceptors (Lipinski definition) is 3. The first-order valence-electron chi connectivity index (χ1n) is 7.59. The monoisotopic (exact) mass is 317 g/mol. The van der Waals surface area contributed by atoms with Crippen molar-refractivity contribution >= 4 is 22.5 Å². The van der Waals surface area contributed by atoms with Crippen LogP contribution in [0.4, 0.5) is 5.69 Å². The Morgan fingerprint density at radius 3 is 2.75 bits per heavy atom. The average molecular weight is 317 g/mol. The lowest BCUT2D eigenvalue weighted by Gasteiger charge is -2.06. The van der Waals surface area contributed by atoms with E-state index in [1.807, 2.05) is 54.7 Å². The Bertz CT molecular complexity index is 970. The first-order chi connectivity index (χ1) is 11.8. The molecular weight excluding hydrogens is 302 g/mol. The number of carbonyl (C=O) groups is 1. The number of anilines is 1. The quantitative estimate of drug-likeness (QED) is 0.607. The zero-order valence-electron chi connectivity index (χ0n) is 12.8. The first kappa shape index (κ1) is 14.2. The van der Waals surface area contributed by atoms with E-state index in [4.69, 9.17) is 0 Å². The molecule has 0 unspecified atom stereocenters. The summed E-state index contributed by atoms with van der Waals surface area (Å²) in [5.74, 6) is -0.0479. The summed E-state index contributed by atoms with van der Waals surface area (Å²) in [5.41, 5.74) is 3.67. The van der Waals surface area contributed by atoms with Crippen molar-refractivity contribution in [3.8, 4) is 5.69 Å². The van der Waals surface area contributed by atoms with Gasteiger partial charge in [-0.05, 0) is 35.9 Å². The topological polar surface area (TPSA) is 75.6 Å². The molecule has 0 atom stereocenters. The summed E-state index contributed by atoms with van der Waals surface area (Å²) < 4.78 is 1.66. The van der Waals surface area contributed by atoms with E-state index in [1.165, 1.54) is 6.33 Å². The van der Waals surface area contributed by atoms with E-state index in [-0.39, 0.29) is 5.91 Å². The highest BCUT2D eigenvalue weighted by molar-refractivity contribution is 5.95. The van der Waals surface area contributed by atoms with Gasteiger partial charge in [0, 0.05) is 22.8 Å². The predicted octanol–water partition coefficient (Wildman–Crippen LogP) is 2.93. The van der Waals surface area contributed by atoms with Crippen LogP contribution in [-0.2, 0) is 11.2 Å². The van der Waals surface area contributed by atoms with E-state index < -0.39 is 0 Å². The van der Waals surface area contributed by atoms with Crippen molar-refractivity contribution in [2.75, 3.05) is 5.32 Å². The van der Waals surface area contributed by atoms with Crippen LogP contribution in [0.5, 0.6) is 0 Å². The number of aromatic amines is 1. The van der Waals surface area contributed by atoms with Crippen LogP contribution in [0.3, 0.4) is 0 Å². The molecule has 0 saturated heterocycles. The summed E-state index contributed by atoms with van der Waals surface area (Å²) in [6.07, 6.45) is 5.33. The van der Waals surface area contributed by atoms with Crippen LogP contribution in [0.15, 0.2) is 67.4 Å². The number of amides is 1. The Labute approximate surface area is 138 Å². The number of para-hydroxylation sites is 1. The number of carbonyl (C=O) groups excluding carboxylic acids is 1. The molecular formula is C18H15N5O. The van der Waals surface area contributed by atoms with Crippen LogP contribution in [-0.4, -0.2) is 25.7 Å². The molecule has 2 aromatic carbocycles. The van der Waals surface area contributed by atoms with E-state index >= 15 is 0 Å². The molecule has 0 saturated carbocycles. The largest absolute Gasteiger partial charge is 0.361 e. The number of hydrogen-bond donors (Lipinski definition) is 2. The van der Waals surface area contributed by atoms with Crippen molar-refractivity contribution < 1.29 is 4.79 Å². The smallest absolute Gasteiger partial charge is 0.228 e. The zero-order chi connectivity index (χ0) is 16.4. The molecule has 0 bridgehead atoms. The van der Waals surface area contributed by atoms with Crippen LogP contribution in [0.25, 0.3) is 16.6 Å². The molecule has 0 radical (unpaired) electrons. The van der Waals surface area contributed by atoms with Gasteiger partial charge in [-0.1, -0.05) is 18.2 Å². The van der Waals surface area contributed by atoms with Gasteiger partial charge < -0.3 is 10.3 Å². The Balaban J connectivity index is 1.46. The second kappa shape index (κ2) is 6.00. The molecule has 0 aliphatic carbocycles. The normalized spacial score (nSPS) is 10.8. The minimum Gasteiger partial charge on any atom is -0.361 e. The second-order valence-electron chi connectivity index (χ2n) is 5.47. The molecule has 0 aliphatic heterocycles. The fraction of sp³-hybridized carbons (Fsp3) is 0.0556. The fourth-order valence-electron chi connectivity index (χ4n) is 2.70. The van der Waals surface area contributed by atoms with Gasteiger partial charge >= 0.3 is 0 Å². The number of nitrogens with one attached hydrogen (secondary N) is 2. The lowest BCUT2D eigenvalue weighted by Crippen LogP contribution is -2.14. The standard InChI is InChI=1S/C18H15N5O/c24-18(9-13-10-20-17-4-2-1-3-16(13)17)22-14-5-7-15(8-6-14)23-12-19-11-21-23/h1-8,10-12,20H,9H2,(H,22,24). The zero-order valence-corrected chi connectivity index (χ0v) is 12.8. The maximum absolute atomic E-state index is 12.3. The number of benzene rings is 2. The second-order valence-corrected chi connectivity index (χ2v) is 5.47. The third kappa shape index (κ3) is 2.77. The molecule has 6 nitrogen and oxygen atoms in total. The van der Waals surface area contributed by atoms with Gasteiger partial charge in [0.2, 0.25) is 5.91 Å². The van der Waals surface area contributed by atoms with E-state index in [0.29, 0.717) is 6.42 Å². The molecule has 118 valence electrons. The minimum absolute atomic E-state index is 0.0479. The SMILES string of the molecule is O=C(Cc1c[nH]c2ccccc12)Nc1ccc(-n2cncn2)cc1. The number of H-pyrrole nitrogens is 1. The molecule has 0 spiro atoms. The summed E-state index contributed by atoms with van der Waals surface area (Å²) in [6.45, 7) is 0. The highest BCUT2D eigenvalue weighted by atomic mass is 16.1. The maximum atomic E-state index is 12.3. The van der Waals surface area contributed by atoms with Crippen molar-refractivity contribution in [1.29, 1.82) is 0 Å². The maximum Gasteiger partial charge on any atom is 0.228 e. The lowest BCUT2D eigenvalue weighted by atomic mass is 10.1. The van der Waals surface area contributed by atoms with Gasteiger partial charge in [0.05, 0.1) is 12.1 Å². The Hall–Kier alpha value is -3.41. The number of nitrogens with zero attached hydrogens (tertiary/aromatic N) is 3. The van der Waals surface area contributed by atoms with Crippen molar-refractivity contribution in [2.24, 2.45) is 0 Å². The molecule has 0 aliphatic rings. The molecule has 4 aromatic rings. The van der Waals surface area contributed by atoms with Gasteiger partial charge in [0.1, 0.15) is 12.7 Å². The fourth-order valence-corrected chi connectivity index (χ4v) is 2.70. The van der Waals surface area contributed by atoms with Crippen molar-refractivity contribution in [2.45, 2.75) is 6.42 Å². The van der Waals surface area contributed by atoms with Crippen molar-refractivity contribution in [1.82, 2.24) is 19.7 Å². The molecule has 0 fully saturated rings. The average Bonchev–Trinajstić information content (AvgIpc) is 3.26. The van der Waals surface area contributed by atoms with Gasteiger partial charge in [0.25, 0.3) is 0 Å². The molecule has 2 N–H and O–H groups in total. The van der Waals surface area contributed by atoms with Gasteiger partial charge in [-0.25, -0.2) is 9.67 Å². The van der Waals surface area contributed by atoms with Crippen LogP contribution >= 0.6 is 0 Å². The predicted molar refractivity (Wildman–Crippen MR) is 92.0 cm³/mol. The minimum atomic E-state index is -0.0479. The summed E-state index contributed by atoms with van der Waals surface area (Å²) in [5, 5.41) is 8.07. The summed E-state index contributed by atoms with van der Waals surface area (Å²) in [4.78, 5) is 19.4. The molecule has 6 heteroatoms. The van der Waals surface area contributed by atoms with Crippen molar-refractivity contribution in [3.63, 3.8) is 0 Å². The van der Waals surface area contributed by atoms with E-state index in [9.17, 15) is 4.79 Å². The Morgan fingerprint density at radius 2 is 1.96 bits per heavy atom.